The van der Waals surface area contributed by atoms with Gasteiger partial charge in [0.05, 0.1) is 17.0 Å². The number of hydrogen-bond donors (Lipinski definition) is 1. The van der Waals surface area contributed by atoms with E-state index in [1.165, 1.54) is 16.2 Å². The minimum Gasteiger partial charge on any atom is -0.481 e. The molecule has 2 fully saturated rings. The highest BCUT2D eigenvalue weighted by Crippen LogP contribution is 2.30. The summed E-state index contributed by atoms with van der Waals surface area (Å²) in [5, 5.41) is 9.18. The van der Waals surface area contributed by atoms with Crippen molar-refractivity contribution >= 4 is 46.9 Å². The molecule has 2 amide bonds. The van der Waals surface area contributed by atoms with Gasteiger partial charge in [-0.3, -0.25) is 28.4 Å². The summed E-state index contributed by atoms with van der Waals surface area (Å²) >= 11 is 0. The normalized spacial score (nSPS) is 20.5. The van der Waals surface area contributed by atoms with Crippen molar-refractivity contribution in [1.29, 1.82) is 0 Å². The van der Waals surface area contributed by atoms with Gasteiger partial charge in [0.1, 0.15) is 6.04 Å². The van der Waals surface area contributed by atoms with E-state index >= 15 is 0 Å². The van der Waals surface area contributed by atoms with Crippen LogP contribution in [0.5, 0.6) is 0 Å². The Labute approximate surface area is 179 Å². The van der Waals surface area contributed by atoms with E-state index in [0.29, 0.717) is 43.4 Å². The van der Waals surface area contributed by atoms with E-state index in [2.05, 4.69) is 4.90 Å². The SMILES string of the molecule is CN1C(=O)CCC(n2c(=O)n(C)c3cc(N4CCC(C(=O)O)CC4)ccc32)C1=O.Cl. The van der Waals surface area contributed by atoms with Crippen molar-refractivity contribution in [2.75, 3.05) is 25.0 Å². The van der Waals surface area contributed by atoms with E-state index in [4.69, 9.17) is 0 Å². The minimum atomic E-state index is -0.750. The average Bonchev–Trinajstić information content (AvgIpc) is 2.97. The number of piperidine rings is 2. The number of carbonyl (C=O) groups excluding carboxylic acids is 2. The van der Waals surface area contributed by atoms with Gasteiger partial charge in [0.25, 0.3) is 5.91 Å². The number of carboxylic acids is 1. The topological polar surface area (TPSA) is 105 Å². The predicted octanol–water partition coefficient (Wildman–Crippen LogP) is 1.38. The molecule has 0 radical (unpaired) electrons. The molecule has 9 nitrogen and oxygen atoms in total. The van der Waals surface area contributed by atoms with E-state index < -0.39 is 12.0 Å². The number of benzene rings is 1. The number of nitrogens with zero attached hydrogens (tertiary/aromatic N) is 4. The van der Waals surface area contributed by atoms with Crippen molar-refractivity contribution in [2.45, 2.75) is 31.7 Å². The summed E-state index contributed by atoms with van der Waals surface area (Å²) in [6.07, 6.45) is 1.71. The van der Waals surface area contributed by atoms with Crippen LogP contribution in [0.2, 0.25) is 0 Å². The Kier molecular flexibility index (Phi) is 5.94. The summed E-state index contributed by atoms with van der Waals surface area (Å²) in [6, 6.07) is 4.96. The molecule has 162 valence electrons. The zero-order valence-electron chi connectivity index (χ0n) is 16.9. The van der Waals surface area contributed by atoms with Gasteiger partial charge in [0.15, 0.2) is 0 Å². The number of likely N-dealkylation sites (N-methyl/N-ethyl adjacent to an activating group) is 1. The molecule has 2 aromatic rings. The van der Waals surface area contributed by atoms with Crippen LogP contribution in [0.3, 0.4) is 0 Å². The summed E-state index contributed by atoms with van der Waals surface area (Å²) in [4.78, 5) is 51.7. The van der Waals surface area contributed by atoms with Gasteiger partial charge < -0.3 is 10.0 Å². The van der Waals surface area contributed by atoms with Crippen molar-refractivity contribution in [3.8, 4) is 0 Å². The van der Waals surface area contributed by atoms with Crippen LogP contribution < -0.4 is 10.6 Å². The minimum absolute atomic E-state index is 0. The maximum Gasteiger partial charge on any atom is 0.329 e. The quantitative estimate of drug-likeness (QED) is 0.729. The molecule has 0 bridgehead atoms. The molecule has 0 spiro atoms. The standard InChI is InChI=1S/C20H24N4O5.ClH/c1-21-16-11-13(23-9-7-12(8-10-23)19(27)28)3-4-14(16)24(20(21)29)15-5-6-17(25)22(2)18(15)26;/h3-4,11-12,15H,5-10H2,1-2H3,(H,27,28);1H. The molecule has 3 heterocycles. The lowest BCUT2D eigenvalue weighted by Gasteiger charge is -2.32. The maximum atomic E-state index is 12.9. The fourth-order valence-electron chi connectivity index (χ4n) is 4.37. The highest BCUT2D eigenvalue weighted by atomic mass is 35.5. The highest BCUT2D eigenvalue weighted by Gasteiger charge is 2.35. The molecular formula is C20H25ClN4O5. The molecule has 2 saturated heterocycles. The van der Waals surface area contributed by atoms with Crippen molar-refractivity contribution in [2.24, 2.45) is 13.0 Å². The monoisotopic (exact) mass is 436 g/mol. The van der Waals surface area contributed by atoms with Gasteiger partial charge in [0, 0.05) is 39.3 Å². The number of imidazole rings is 1. The lowest BCUT2D eigenvalue weighted by atomic mass is 9.97. The number of anilines is 1. The summed E-state index contributed by atoms with van der Waals surface area (Å²) < 4.78 is 3.01. The molecule has 1 atom stereocenters. The Morgan fingerprint density at radius 1 is 1.03 bits per heavy atom. The average molecular weight is 437 g/mol. The van der Waals surface area contributed by atoms with Gasteiger partial charge in [-0.15, -0.1) is 12.4 Å². The third kappa shape index (κ3) is 3.47. The largest absolute Gasteiger partial charge is 0.481 e. The molecule has 0 aliphatic carbocycles. The third-order valence-electron chi connectivity index (χ3n) is 6.22. The second-order valence-electron chi connectivity index (χ2n) is 7.83. The predicted molar refractivity (Wildman–Crippen MR) is 113 cm³/mol. The molecule has 10 heteroatoms. The molecule has 1 unspecified atom stereocenters. The van der Waals surface area contributed by atoms with Gasteiger partial charge in [-0.1, -0.05) is 0 Å². The number of halogens is 1. The molecule has 2 aliphatic rings. The van der Waals surface area contributed by atoms with E-state index in [1.54, 1.807) is 7.05 Å². The van der Waals surface area contributed by atoms with E-state index in [-0.39, 0.29) is 42.2 Å². The second-order valence-corrected chi connectivity index (χ2v) is 7.83. The van der Waals surface area contributed by atoms with Crippen molar-refractivity contribution in [3.05, 3.63) is 28.7 Å². The van der Waals surface area contributed by atoms with E-state index in [1.807, 2.05) is 18.2 Å². The number of aryl methyl sites for hydroxylation is 1. The van der Waals surface area contributed by atoms with Gasteiger partial charge in [-0.05, 0) is 37.5 Å². The number of hydrogen-bond acceptors (Lipinski definition) is 5. The first-order chi connectivity index (χ1) is 13.8. The molecule has 1 N–H and O–H groups in total. The first-order valence-electron chi connectivity index (χ1n) is 9.78. The Morgan fingerprint density at radius 2 is 1.70 bits per heavy atom. The molecular weight excluding hydrogens is 412 g/mol. The first-order valence-corrected chi connectivity index (χ1v) is 9.78. The number of carbonyl (C=O) groups is 3. The number of carboxylic acid groups (broad SMARTS) is 1. The van der Waals surface area contributed by atoms with Gasteiger partial charge in [-0.25, -0.2) is 4.79 Å². The van der Waals surface area contributed by atoms with Crippen LogP contribution in [0.1, 0.15) is 31.7 Å². The Morgan fingerprint density at radius 3 is 2.33 bits per heavy atom. The number of amides is 2. The fourth-order valence-corrected chi connectivity index (χ4v) is 4.37. The first kappa shape index (κ1) is 21.9. The number of fused-ring (bicyclic) bond motifs is 1. The van der Waals surface area contributed by atoms with Crippen LogP contribution in [0, 0.1) is 5.92 Å². The van der Waals surface area contributed by atoms with Crippen LogP contribution >= 0.6 is 12.4 Å². The van der Waals surface area contributed by atoms with Crippen LogP contribution in [-0.2, 0) is 21.4 Å². The summed E-state index contributed by atoms with van der Waals surface area (Å²) in [5.74, 6) is -1.65. The highest BCUT2D eigenvalue weighted by molar-refractivity contribution is 6.00. The summed E-state index contributed by atoms with van der Waals surface area (Å²) in [6.45, 7) is 1.29. The third-order valence-corrected chi connectivity index (χ3v) is 6.22. The molecule has 0 saturated carbocycles. The van der Waals surface area contributed by atoms with Crippen LogP contribution in [-0.4, -0.2) is 57.1 Å². The lowest BCUT2D eigenvalue weighted by molar-refractivity contribution is -0.149. The summed E-state index contributed by atoms with van der Waals surface area (Å²) in [7, 11) is 3.12. The van der Waals surface area contributed by atoms with Gasteiger partial charge in [-0.2, -0.15) is 0 Å². The van der Waals surface area contributed by atoms with Gasteiger partial charge >= 0.3 is 11.7 Å². The number of likely N-dealkylation sites (tertiary alicyclic amines) is 1. The zero-order chi connectivity index (χ0) is 20.9. The van der Waals surface area contributed by atoms with E-state index in [9.17, 15) is 24.3 Å². The number of aliphatic carboxylic acids is 1. The van der Waals surface area contributed by atoms with Crippen LogP contribution in [0.25, 0.3) is 11.0 Å². The Bertz CT molecular complexity index is 1070. The zero-order valence-corrected chi connectivity index (χ0v) is 17.7. The maximum absolute atomic E-state index is 12.9. The molecule has 4 rings (SSSR count). The van der Waals surface area contributed by atoms with Crippen molar-refractivity contribution in [3.63, 3.8) is 0 Å². The second kappa shape index (κ2) is 8.14. The van der Waals surface area contributed by atoms with Crippen molar-refractivity contribution in [1.82, 2.24) is 14.0 Å². The lowest BCUT2D eigenvalue weighted by Crippen LogP contribution is -2.45. The van der Waals surface area contributed by atoms with Crippen LogP contribution in [0.15, 0.2) is 23.0 Å². The molecule has 2 aliphatic heterocycles. The van der Waals surface area contributed by atoms with Gasteiger partial charge in [0.2, 0.25) is 5.91 Å². The number of aromatic nitrogens is 2. The Hall–Kier alpha value is -2.81. The molecule has 30 heavy (non-hydrogen) atoms. The van der Waals surface area contributed by atoms with E-state index in [0.717, 1.165) is 10.6 Å². The number of rotatable bonds is 3. The summed E-state index contributed by atoms with van der Waals surface area (Å²) in [5.41, 5.74) is 2.00. The van der Waals surface area contributed by atoms with Crippen LogP contribution in [0.4, 0.5) is 5.69 Å². The fraction of sp³-hybridized carbons (Fsp3) is 0.500. The smallest absolute Gasteiger partial charge is 0.329 e. The molecule has 1 aromatic heterocycles. The molecule has 1 aromatic carbocycles. The Balaban J connectivity index is 0.00000256. The van der Waals surface area contributed by atoms with Crippen molar-refractivity contribution < 1.29 is 19.5 Å². The number of imide groups is 1.